The van der Waals surface area contributed by atoms with Gasteiger partial charge in [0.25, 0.3) is 5.91 Å². The number of likely N-dealkylation sites (tertiary alicyclic amines) is 1. The van der Waals surface area contributed by atoms with Crippen LogP contribution < -0.4 is 10.6 Å². The number of rotatable bonds is 10. The maximum atomic E-state index is 13.2. The first-order valence-electron chi connectivity index (χ1n) is 13.4. The maximum Gasteiger partial charge on any atom is 0.270 e. The lowest BCUT2D eigenvalue weighted by Gasteiger charge is -2.27. The van der Waals surface area contributed by atoms with E-state index in [-0.39, 0.29) is 11.8 Å². The fourth-order valence-corrected chi connectivity index (χ4v) is 5.17. The van der Waals surface area contributed by atoms with E-state index >= 15 is 0 Å². The number of nitrogens with zero attached hydrogens (tertiary/aromatic N) is 2. The van der Waals surface area contributed by atoms with E-state index in [0.717, 1.165) is 54.3 Å². The summed E-state index contributed by atoms with van der Waals surface area (Å²) in [6.07, 6.45) is 7.66. The topological polar surface area (TPSA) is 90.1 Å². The Morgan fingerprint density at radius 3 is 2.57 bits per heavy atom. The van der Waals surface area contributed by atoms with E-state index in [1.54, 1.807) is 6.20 Å². The van der Waals surface area contributed by atoms with Crippen LogP contribution in [0.2, 0.25) is 0 Å². The van der Waals surface area contributed by atoms with Crippen LogP contribution in [0.1, 0.15) is 48.2 Å². The molecule has 0 unspecified atom stereocenters. The van der Waals surface area contributed by atoms with Gasteiger partial charge in [0.15, 0.2) is 0 Å². The molecule has 1 aliphatic rings. The quantitative estimate of drug-likeness (QED) is 0.302. The molecule has 0 saturated carbocycles. The van der Waals surface area contributed by atoms with Crippen molar-refractivity contribution in [2.24, 2.45) is 0 Å². The minimum Gasteiger partial charge on any atom is -0.354 e. The number of benzene rings is 2. The van der Waals surface area contributed by atoms with Gasteiger partial charge in [-0.15, -0.1) is 0 Å². The standard InChI is InChI=1S/C30H35N5O2/c36-29(31-16-15-22-10-3-1-4-11-22)26(14-9-19-35-17-7-2-8-18-35)34-30(37)27-20-24-23-12-5-6-13-25(23)33-28(24)21-32-27/h1,3-6,10-13,20-21,26,33H,2,7-9,14-19H2,(H,31,36)(H,34,37)/t26-/m0/s1. The first-order chi connectivity index (χ1) is 18.2. The highest BCUT2D eigenvalue weighted by Crippen LogP contribution is 2.25. The number of H-pyrrole nitrogens is 1. The number of hydrogen-bond donors (Lipinski definition) is 3. The number of piperidine rings is 1. The number of carbonyl (C=O) groups excluding carboxylic acids is 2. The fraction of sp³-hybridized carbons (Fsp3) is 0.367. The van der Waals surface area contributed by atoms with Gasteiger partial charge in [0, 0.05) is 22.8 Å². The number of fused-ring (bicyclic) bond motifs is 3. The summed E-state index contributed by atoms with van der Waals surface area (Å²) < 4.78 is 0. The molecule has 192 valence electrons. The third-order valence-electron chi connectivity index (χ3n) is 7.22. The molecule has 1 atom stereocenters. The lowest BCUT2D eigenvalue weighted by atomic mass is 10.1. The molecule has 2 aromatic carbocycles. The predicted octanol–water partition coefficient (Wildman–Crippen LogP) is 4.44. The smallest absolute Gasteiger partial charge is 0.270 e. The second-order valence-corrected chi connectivity index (χ2v) is 9.88. The minimum atomic E-state index is -0.603. The van der Waals surface area contributed by atoms with Crippen LogP contribution >= 0.6 is 0 Å². The highest BCUT2D eigenvalue weighted by molar-refractivity contribution is 6.09. The van der Waals surface area contributed by atoms with E-state index in [0.29, 0.717) is 18.7 Å². The lowest BCUT2D eigenvalue weighted by Crippen LogP contribution is -2.47. The second-order valence-electron chi connectivity index (χ2n) is 9.88. The highest BCUT2D eigenvalue weighted by atomic mass is 16.2. The summed E-state index contributed by atoms with van der Waals surface area (Å²) in [6.45, 7) is 3.72. The van der Waals surface area contributed by atoms with Gasteiger partial charge in [0.05, 0.1) is 11.7 Å². The molecular weight excluding hydrogens is 462 g/mol. The van der Waals surface area contributed by atoms with E-state index < -0.39 is 6.04 Å². The first kappa shape index (κ1) is 25.0. The zero-order chi connectivity index (χ0) is 25.5. The molecule has 0 radical (unpaired) electrons. The number of aromatic nitrogens is 2. The molecule has 5 rings (SSSR count). The number of carbonyl (C=O) groups is 2. The van der Waals surface area contributed by atoms with Crippen molar-refractivity contribution in [2.75, 3.05) is 26.2 Å². The Balaban J connectivity index is 1.25. The average Bonchev–Trinajstić information content (AvgIpc) is 3.31. The number of pyridine rings is 1. The molecule has 2 amide bonds. The zero-order valence-electron chi connectivity index (χ0n) is 21.2. The van der Waals surface area contributed by atoms with E-state index in [4.69, 9.17) is 0 Å². The molecule has 1 aliphatic heterocycles. The van der Waals surface area contributed by atoms with Gasteiger partial charge >= 0.3 is 0 Å². The van der Waals surface area contributed by atoms with E-state index in [1.165, 1.54) is 24.8 Å². The van der Waals surface area contributed by atoms with Crippen molar-refractivity contribution < 1.29 is 9.59 Å². The number of para-hydroxylation sites is 1. The van der Waals surface area contributed by atoms with Crippen LogP contribution in [0.15, 0.2) is 66.9 Å². The van der Waals surface area contributed by atoms with Crippen LogP contribution in [0.3, 0.4) is 0 Å². The second kappa shape index (κ2) is 12.0. The van der Waals surface area contributed by atoms with E-state index in [9.17, 15) is 9.59 Å². The molecule has 4 aromatic rings. The van der Waals surface area contributed by atoms with Crippen molar-refractivity contribution in [3.63, 3.8) is 0 Å². The van der Waals surface area contributed by atoms with E-state index in [1.807, 2.05) is 48.5 Å². The Hall–Kier alpha value is -3.71. The Kier molecular flexibility index (Phi) is 8.11. The van der Waals surface area contributed by atoms with Crippen LogP contribution in [0, 0.1) is 0 Å². The summed E-state index contributed by atoms with van der Waals surface area (Å²) in [4.78, 5) is 36.6. The van der Waals surface area contributed by atoms with Crippen molar-refractivity contribution in [1.82, 2.24) is 25.5 Å². The lowest BCUT2D eigenvalue weighted by molar-refractivity contribution is -0.123. The zero-order valence-corrected chi connectivity index (χ0v) is 21.2. The maximum absolute atomic E-state index is 13.2. The average molecular weight is 498 g/mol. The fourth-order valence-electron chi connectivity index (χ4n) is 5.17. The number of aromatic amines is 1. The van der Waals surface area contributed by atoms with Crippen LogP contribution in [0.4, 0.5) is 0 Å². The molecule has 1 fully saturated rings. The molecule has 3 heterocycles. The highest BCUT2D eigenvalue weighted by Gasteiger charge is 2.23. The molecular formula is C30H35N5O2. The van der Waals surface area contributed by atoms with Gasteiger partial charge in [-0.1, -0.05) is 55.0 Å². The Bertz CT molecular complexity index is 1340. The summed E-state index contributed by atoms with van der Waals surface area (Å²) in [7, 11) is 0. The molecule has 0 bridgehead atoms. The molecule has 37 heavy (non-hydrogen) atoms. The number of hydrogen-bond acceptors (Lipinski definition) is 4. The monoisotopic (exact) mass is 497 g/mol. The van der Waals surface area contributed by atoms with Crippen LogP contribution in [0.25, 0.3) is 21.8 Å². The summed E-state index contributed by atoms with van der Waals surface area (Å²) in [6, 6.07) is 19.3. The van der Waals surface area contributed by atoms with Crippen LogP contribution in [-0.2, 0) is 11.2 Å². The first-order valence-corrected chi connectivity index (χ1v) is 13.4. The van der Waals surface area contributed by atoms with Gasteiger partial charge < -0.3 is 20.5 Å². The minimum absolute atomic E-state index is 0.143. The molecule has 2 aromatic heterocycles. The summed E-state index contributed by atoms with van der Waals surface area (Å²) in [5.74, 6) is -0.468. The van der Waals surface area contributed by atoms with Gasteiger partial charge in [-0.2, -0.15) is 0 Å². The van der Waals surface area contributed by atoms with Crippen molar-refractivity contribution in [3.8, 4) is 0 Å². The third kappa shape index (κ3) is 6.35. The number of amides is 2. The predicted molar refractivity (Wildman–Crippen MR) is 148 cm³/mol. The molecule has 0 aliphatic carbocycles. The van der Waals surface area contributed by atoms with Gasteiger partial charge in [0.1, 0.15) is 11.7 Å². The van der Waals surface area contributed by atoms with Gasteiger partial charge in [-0.05, 0) is 69.4 Å². The molecule has 1 saturated heterocycles. The Morgan fingerprint density at radius 1 is 0.946 bits per heavy atom. The third-order valence-corrected chi connectivity index (χ3v) is 7.22. The molecule has 0 spiro atoms. The molecule has 3 N–H and O–H groups in total. The van der Waals surface area contributed by atoms with Crippen molar-refractivity contribution in [3.05, 3.63) is 78.1 Å². The molecule has 7 nitrogen and oxygen atoms in total. The number of nitrogens with one attached hydrogen (secondary N) is 3. The van der Waals surface area contributed by atoms with Crippen LogP contribution in [-0.4, -0.2) is 58.9 Å². The normalized spacial score (nSPS) is 15.0. The Morgan fingerprint density at radius 2 is 1.73 bits per heavy atom. The SMILES string of the molecule is O=C(N[C@@H](CCCN1CCCCC1)C(=O)NCCc1ccccc1)c1cc2c(cn1)[nH]c1ccccc12. The van der Waals surface area contributed by atoms with Crippen LogP contribution in [0.5, 0.6) is 0 Å². The molecule has 7 heteroatoms. The summed E-state index contributed by atoms with van der Waals surface area (Å²) >= 11 is 0. The van der Waals surface area contributed by atoms with Gasteiger partial charge in [-0.25, -0.2) is 4.98 Å². The van der Waals surface area contributed by atoms with Crippen molar-refractivity contribution in [2.45, 2.75) is 44.6 Å². The van der Waals surface area contributed by atoms with E-state index in [2.05, 4.69) is 37.6 Å². The van der Waals surface area contributed by atoms with Gasteiger partial charge in [-0.3, -0.25) is 9.59 Å². The summed E-state index contributed by atoms with van der Waals surface area (Å²) in [5.41, 5.74) is 3.37. The van der Waals surface area contributed by atoms with Crippen molar-refractivity contribution >= 4 is 33.6 Å². The Labute approximate surface area is 217 Å². The summed E-state index contributed by atoms with van der Waals surface area (Å²) in [5, 5.41) is 8.01. The largest absolute Gasteiger partial charge is 0.354 e. The van der Waals surface area contributed by atoms with Gasteiger partial charge in [0.2, 0.25) is 5.91 Å². The van der Waals surface area contributed by atoms with Crippen molar-refractivity contribution in [1.29, 1.82) is 0 Å².